The molecular formula is C18H27N2NaO. The third-order valence-corrected chi connectivity index (χ3v) is 4.18. The van der Waals surface area contributed by atoms with Crippen LogP contribution < -0.4 is 29.6 Å². The van der Waals surface area contributed by atoms with Gasteiger partial charge in [0.1, 0.15) is 0 Å². The molecule has 4 heteroatoms. The summed E-state index contributed by atoms with van der Waals surface area (Å²) < 4.78 is 0. The number of hydrogen-bond acceptors (Lipinski definition) is 1. The largest absolute Gasteiger partial charge is 1.00 e. The number of likely N-dealkylation sites (tertiary alicyclic amines) is 1. The minimum atomic E-state index is -0.0651. The minimum absolute atomic E-state index is 0. The Morgan fingerprint density at radius 3 is 1.95 bits per heavy atom. The predicted octanol–water partition coefficient (Wildman–Crippen LogP) is 2.55. The minimum Gasteiger partial charge on any atom is -0.436 e. The van der Waals surface area contributed by atoms with Crippen LogP contribution in [0.4, 0.5) is 10.5 Å². The van der Waals surface area contributed by atoms with Gasteiger partial charge in [-0.05, 0) is 41.7 Å². The number of hydrogen-bond donors (Lipinski definition) is 0. The van der Waals surface area contributed by atoms with Gasteiger partial charge in [0, 0.05) is 0 Å². The van der Waals surface area contributed by atoms with Crippen molar-refractivity contribution in [3.8, 4) is 0 Å². The van der Waals surface area contributed by atoms with Crippen molar-refractivity contribution in [1.29, 1.82) is 0 Å². The van der Waals surface area contributed by atoms with Crippen molar-refractivity contribution < 1.29 is 34.4 Å². The van der Waals surface area contributed by atoms with Gasteiger partial charge in [0.25, 0.3) is 0 Å². The molecule has 3 nitrogen and oxygen atoms in total. The fraction of sp³-hybridized carbons (Fsp3) is 0.611. The maximum Gasteiger partial charge on any atom is 1.00 e. The number of nitrogens with zero attached hydrogens (tertiary/aromatic N) is 2. The summed E-state index contributed by atoms with van der Waals surface area (Å²) in [5.41, 5.74) is 3.25. The van der Waals surface area contributed by atoms with Gasteiger partial charge in [-0.2, -0.15) is 0 Å². The van der Waals surface area contributed by atoms with Gasteiger partial charge < -0.3 is 10.2 Å². The Morgan fingerprint density at radius 1 is 1.00 bits per heavy atom. The first-order chi connectivity index (χ1) is 10.0. The summed E-state index contributed by atoms with van der Waals surface area (Å²) in [6, 6.07) is 6.21. The van der Waals surface area contributed by atoms with Crippen molar-refractivity contribution in [2.45, 2.75) is 58.8 Å². The number of urea groups is 1. The second-order valence-electron chi connectivity index (χ2n) is 6.54. The number of carbonyl (C=O) groups excluding carboxylic acids is 1. The van der Waals surface area contributed by atoms with E-state index in [2.05, 4.69) is 51.2 Å². The second-order valence-corrected chi connectivity index (χ2v) is 6.54. The van der Waals surface area contributed by atoms with Crippen LogP contribution in [0, 0.1) is 0 Å². The third kappa shape index (κ3) is 4.74. The van der Waals surface area contributed by atoms with E-state index in [0.29, 0.717) is 11.8 Å². The summed E-state index contributed by atoms with van der Waals surface area (Å²) in [6.45, 7) is 10.3. The van der Waals surface area contributed by atoms with Crippen LogP contribution in [0.1, 0.15) is 69.9 Å². The van der Waals surface area contributed by atoms with E-state index < -0.39 is 0 Å². The summed E-state index contributed by atoms with van der Waals surface area (Å²) >= 11 is 0. The Labute approximate surface area is 157 Å². The van der Waals surface area contributed by atoms with Crippen molar-refractivity contribution in [2.75, 3.05) is 13.1 Å². The summed E-state index contributed by atoms with van der Waals surface area (Å²) in [5, 5.41) is 4.51. The van der Waals surface area contributed by atoms with Crippen LogP contribution in [0.25, 0.3) is 5.32 Å². The zero-order valence-corrected chi connectivity index (χ0v) is 16.7. The number of benzene rings is 1. The van der Waals surface area contributed by atoms with Crippen LogP contribution >= 0.6 is 0 Å². The maximum absolute atomic E-state index is 12.5. The van der Waals surface area contributed by atoms with Crippen LogP contribution in [0.3, 0.4) is 0 Å². The summed E-state index contributed by atoms with van der Waals surface area (Å²) in [5.74, 6) is 0.744. The van der Waals surface area contributed by atoms with Crippen molar-refractivity contribution in [3.63, 3.8) is 0 Å². The number of amides is 2. The second kappa shape index (κ2) is 8.95. The van der Waals surface area contributed by atoms with Crippen molar-refractivity contribution in [3.05, 3.63) is 34.6 Å². The van der Waals surface area contributed by atoms with Gasteiger partial charge in [0.15, 0.2) is 6.03 Å². The molecule has 0 unspecified atom stereocenters. The van der Waals surface area contributed by atoms with E-state index in [1.807, 2.05) is 4.90 Å². The van der Waals surface area contributed by atoms with Crippen molar-refractivity contribution >= 4 is 11.7 Å². The normalized spacial score (nSPS) is 14.9. The van der Waals surface area contributed by atoms with Crippen LogP contribution in [0.2, 0.25) is 0 Å². The smallest absolute Gasteiger partial charge is 0.436 e. The van der Waals surface area contributed by atoms with Gasteiger partial charge in [0.05, 0.1) is 0 Å². The molecule has 1 aliphatic rings. The maximum atomic E-state index is 12.5. The first-order valence-corrected chi connectivity index (χ1v) is 8.14. The third-order valence-electron chi connectivity index (χ3n) is 4.18. The molecule has 2 rings (SSSR count). The van der Waals surface area contributed by atoms with E-state index >= 15 is 0 Å². The van der Waals surface area contributed by atoms with Crippen molar-refractivity contribution in [2.24, 2.45) is 0 Å². The Hall–Kier alpha value is -0.510. The fourth-order valence-corrected chi connectivity index (χ4v) is 2.89. The van der Waals surface area contributed by atoms with Gasteiger partial charge in [-0.3, -0.25) is 4.79 Å². The SMILES string of the molecule is CC(C)c1cccc(C(C)C)c1[N-]C(=O)N1CCCCC1.[Na+]. The van der Waals surface area contributed by atoms with Gasteiger partial charge in [-0.15, -0.1) is 0 Å². The van der Waals surface area contributed by atoms with E-state index in [1.54, 1.807) is 0 Å². The van der Waals surface area contributed by atoms with Crippen LogP contribution in [-0.2, 0) is 0 Å². The fourth-order valence-electron chi connectivity index (χ4n) is 2.89. The molecule has 1 saturated heterocycles. The Bertz CT molecular complexity index is 468. The molecule has 0 bridgehead atoms. The molecule has 0 radical (unpaired) electrons. The average molecular weight is 310 g/mol. The van der Waals surface area contributed by atoms with Gasteiger partial charge in [-0.25, -0.2) is 0 Å². The van der Waals surface area contributed by atoms with E-state index in [4.69, 9.17) is 0 Å². The summed E-state index contributed by atoms with van der Waals surface area (Å²) in [6.07, 6.45) is 3.43. The van der Waals surface area contributed by atoms with E-state index in [0.717, 1.165) is 31.6 Å². The molecule has 1 aromatic carbocycles. The van der Waals surface area contributed by atoms with Gasteiger partial charge >= 0.3 is 29.6 Å². The Morgan fingerprint density at radius 2 is 1.50 bits per heavy atom. The molecule has 0 saturated carbocycles. The monoisotopic (exact) mass is 310 g/mol. The molecule has 0 aliphatic carbocycles. The van der Waals surface area contributed by atoms with Crippen LogP contribution in [0.15, 0.2) is 18.2 Å². The molecule has 0 spiro atoms. The topological polar surface area (TPSA) is 34.4 Å². The molecule has 0 aromatic heterocycles. The van der Waals surface area contributed by atoms with Gasteiger partial charge in [0.2, 0.25) is 0 Å². The first-order valence-electron chi connectivity index (χ1n) is 8.14. The van der Waals surface area contributed by atoms with Gasteiger partial charge in [-0.1, -0.05) is 65.2 Å². The first kappa shape index (κ1) is 19.5. The zero-order valence-electron chi connectivity index (χ0n) is 14.7. The number of carbonyl (C=O) groups is 1. The van der Waals surface area contributed by atoms with Crippen molar-refractivity contribution in [1.82, 2.24) is 4.90 Å². The molecule has 0 atom stereocenters. The molecule has 0 N–H and O–H groups in total. The molecule has 22 heavy (non-hydrogen) atoms. The van der Waals surface area contributed by atoms with Crippen LogP contribution in [0.5, 0.6) is 0 Å². The number of rotatable bonds is 3. The molecule has 2 amide bonds. The standard InChI is InChI=1S/C18H28N2O.Na/c1-13(2)15-9-8-10-16(14(3)4)17(15)19-18(21)20-11-6-5-7-12-20;/h8-10,13-14H,5-7,11-12H2,1-4H3,(H,19,21);/q;+1/p-1. The summed E-state index contributed by atoms with van der Waals surface area (Å²) in [7, 11) is 0. The van der Waals surface area contributed by atoms with E-state index in [-0.39, 0.29) is 35.6 Å². The molecule has 1 fully saturated rings. The zero-order chi connectivity index (χ0) is 15.4. The molecule has 116 valence electrons. The number of piperidine rings is 1. The molecule has 1 heterocycles. The molecule has 1 aliphatic heterocycles. The molecular weight excluding hydrogens is 283 g/mol. The average Bonchev–Trinajstić information content (AvgIpc) is 2.47. The van der Waals surface area contributed by atoms with E-state index in [9.17, 15) is 4.79 Å². The summed E-state index contributed by atoms with van der Waals surface area (Å²) in [4.78, 5) is 14.4. The Balaban J connectivity index is 0.00000242. The number of para-hydroxylation sites is 1. The quantitative estimate of drug-likeness (QED) is 0.790. The molecule has 1 aromatic rings. The van der Waals surface area contributed by atoms with E-state index in [1.165, 1.54) is 17.5 Å². The van der Waals surface area contributed by atoms with Crippen LogP contribution in [-0.4, -0.2) is 24.0 Å². The predicted molar refractivity (Wildman–Crippen MR) is 88.5 cm³/mol. The Kier molecular flexibility index (Phi) is 7.95.